The number of benzene rings is 1. The number of rotatable bonds is 4. The minimum Gasteiger partial charge on any atom is -0.347 e. The third-order valence-electron chi connectivity index (χ3n) is 3.83. The van der Waals surface area contributed by atoms with Crippen LogP contribution in [0.1, 0.15) is 44.0 Å². The number of nitrogens with zero attached hydrogens (tertiary/aromatic N) is 1. The van der Waals surface area contributed by atoms with Crippen LogP contribution in [0.4, 0.5) is 5.69 Å². The van der Waals surface area contributed by atoms with E-state index in [0.29, 0.717) is 24.2 Å². The van der Waals surface area contributed by atoms with Crippen LogP contribution >= 0.6 is 0 Å². The Labute approximate surface area is 126 Å². The molecule has 1 heterocycles. The molecule has 0 aromatic heterocycles. The molecule has 0 aliphatic carbocycles. The molecule has 1 saturated heterocycles. The highest BCUT2D eigenvalue weighted by molar-refractivity contribution is 7.93. The summed E-state index contributed by atoms with van der Waals surface area (Å²) in [6.45, 7) is 6.40. The molecule has 1 aromatic rings. The van der Waals surface area contributed by atoms with E-state index in [-0.39, 0.29) is 17.2 Å². The molecular weight excluding hydrogens is 288 g/mol. The highest BCUT2D eigenvalue weighted by Crippen LogP contribution is 2.25. The summed E-state index contributed by atoms with van der Waals surface area (Å²) in [4.78, 5) is 12.3. The van der Waals surface area contributed by atoms with Gasteiger partial charge in [-0.25, -0.2) is 8.42 Å². The zero-order chi connectivity index (χ0) is 15.7. The van der Waals surface area contributed by atoms with Crippen LogP contribution in [0.3, 0.4) is 0 Å². The van der Waals surface area contributed by atoms with Crippen LogP contribution < -0.4 is 9.62 Å². The number of hydrogen-bond donors (Lipinski definition) is 1. The predicted octanol–water partition coefficient (Wildman–Crippen LogP) is 2.14. The Balaban J connectivity index is 2.24. The van der Waals surface area contributed by atoms with Crippen LogP contribution in [-0.2, 0) is 10.0 Å². The average molecular weight is 310 g/mol. The average Bonchev–Trinajstić information content (AvgIpc) is 2.78. The number of sulfonamides is 1. The molecule has 21 heavy (non-hydrogen) atoms. The fourth-order valence-corrected chi connectivity index (χ4v) is 3.76. The third kappa shape index (κ3) is 3.56. The van der Waals surface area contributed by atoms with Gasteiger partial charge in [0.05, 0.1) is 11.4 Å². The van der Waals surface area contributed by atoms with Gasteiger partial charge in [-0.05, 0) is 44.9 Å². The van der Waals surface area contributed by atoms with Gasteiger partial charge in [0.25, 0.3) is 5.91 Å². The molecule has 0 atom stereocenters. The van der Waals surface area contributed by atoms with Crippen molar-refractivity contribution >= 4 is 21.6 Å². The van der Waals surface area contributed by atoms with E-state index in [2.05, 4.69) is 5.32 Å². The van der Waals surface area contributed by atoms with Crippen LogP contribution in [0, 0.1) is 0 Å². The molecule has 0 spiro atoms. The number of carbonyl (C=O) groups is 1. The van der Waals surface area contributed by atoms with Gasteiger partial charge < -0.3 is 5.32 Å². The van der Waals surface area contributed by atoms with Gasteiger partial charge in [-0.1, -0.05) is 13.0 Å². The second-order valence-electron chi connectivity index (χ2n) is 5.98. The van der Waals surface area contributed by atoms with E-state index >= 15 is 0 Å². The third-order valence-corrected chi connectivity index (χ3v) is 5.70. The van der Waals surface area contributed by atoms with Crippen molar-refractivity contribution in [1.82, 2.24) is 5.32 Å². The number of anilines is 1. The van der Waals surface area contributed by atoms with E-state index < -0.39 is 10.0 Å². The smallest absolute Gasteiger partial charge is 0.251 e. The Kier molecular flexibility index (Phi) is 4.27. The normalized spacial score (nSPS) is 17.8. The minimum atomic E-state index is -3.22. The van der Waals surface area contributed by atoms with Crippen molar-refractivity contribution in [2.45, 2.75) is 39.2 Å². The van der Waals surface area contributed by atoms with E-state index in [9.17, 15) is 13.2 Å². The van der Waals surface area contributed by atoms with Crippen LogP contribution in [0.15, 0.2) is 24.3 Å². The van der Waals surface area contributed by atoms with Crippen molar-refractivity contribution in [3.8, 4) is 0 Å². The highest BCUT2D eigenvalue weighted by atomic mass is 32.2. The molecule has 0 unspecified atom stereocenters. The summed E-state index contributed by atoms with van der Waals surface area (Å²) in [7, 11) is -3.22. The molecule has 1 N–H and O–H groups in total. The maximum Gasteiger partial charge on any atom is 0.251 e. The van der Waals surface area contributed by atoms with E-state index in [4.69, 9.17) is 0 Å². The van der Waals surface area contributed by atoms with Crippen LogP contribution in [0.5, 0.6) is 0 Å². The molecular formula is C15H22N2O3S. The summed E-state index contributed by atoms with van der Waals surface area (Å²) in [5.41, 5.74) is 0.762. The van der Waals surface area contributed by atoms with Gasteiger partial charge in [0.2, 0.25) is 10.0 Å². The summed E-state index contributed by atoms with van der Waals surface area (Å²) < 4.78 is 25.3. The SMILES string of the molecule is CCC(C)(C)NC(=O)c1cccc(N2CCCS2(=O)=O)c1. The number of carbonyl (C=O) groups excluding carboxylic acids is 1. The van der Waals surface area contributed by atoms with E-state index in [1.54, 1.807) is 24.3 Å². The lowest BCUT2D eigenvalue weighted by molar-refractivity contribution is 0.0911. The van der Waals surface area contributed by atoms with Crippen molar-refractivity contribution in [1.29, 1.82) is 0 Å². The Morgan fingerprint density at radius 2 is 2.10 bits per heavy atom. The summed E-state index contributed by atoms with van der Waals surface area (Å²) in [6.07, 6.45) is 1.44. The maximum atomic E-state index is 12.3. The quantitative estimate of drug-likeness (QED) is 0.926. The molecule has 1 aliphatic rings. The Hall–Kier alpha value is -1.56. The van der Waals surface area contributed by atoms with E-state index in [1.807, 2.05) is 20.8 Å². The second kappa shape index (κ2) is 5.67. The van der Waals surface area contributed by atoms with Crippen LogP contribution in [0.25, 0.3) is 0 Å². The van der Waals surface area contributed by atoms with Crippen molar-refractivity contribution < 1.29 is 13.2 Å². The van der Waals surface area contributed by atoms with E-state index in [0.717, 1.165) is 6.42 Å². The molecule has 1 aliphatic heterocycles. The molecule has 6 heteroatoms. The lowest BCUT2D eigenvalue weighted by atomic mass is 10.0. The summed E-state index contributed by atoms with van der Waals surface area (Å²) in [5.74, 6) is -0.00738. The second-order valence-corrected chi connectivity index (χ2v) is 8.00. The number of nitrogens with one attached hydrogen (secondary N) is 1. The van der Waals surface area contributed by atoms with E-state index in [1.165, 1.54) is 4.31 Å². The minimum absolute atomic E-state index is 0.173. The van der Waals surface area contributed by atoms with Gasteiger partial charge in [-0.3, -0.25) is 9.10 Å². The zero-order valence-corrected chi connectivity index (χ0v) is 13.5. The molecule has 1 aromatic carbocycles. The first kappa shape index (κ1) is 15.8. The van der Waals surface area contributed by atoms with Gasteiger partial charge in [-0.2, -0.15) is 0 Å². The topological polar surface area (TPSA) is 66.5 Å². The Morgan fingerprint density at radius 3 is 2.67 bits per heavy atom. The van der Waals surface area contributed by atoms with Crippen molar-refractivity contribution in [3.05, 3.63) is 29.8 Å². The fourth-order valence-electron chi connectivity index (χ4n) is 2.20. The molecule has 1 amide bonds. The Morgan fingerprint density at radius 1 is 1.38 bits per heavy atom. The molecule has 2 rings (SSSR count). The summed E-state index contributed by atoms with van der Waals surface area (Å²) in [5, 5.41) is 2.95. The van der Waals surface area contributed by atoms with Crippen molar-refractivity contribution in [2.75, 3.05) is 16.6 Å². The highest BCUT2D eigenvalue weighted by Gasteiger charge is 2.29. The van der Waals surface area contributed by atoms with Crippen molar-refractivity contribution in [3.63, 3.8) is 0 Å². The zero-order valence-electron chi connectivity index (χ0n) is 12.7. The molecule has 1 fully saturated rings. The molecule has 0 bridgehead atoms. The number of amides is 1. The first-order valence-corrected chi connectivity index (χ1v) is 8.79. The maximum absolute atomic E-state index is 12.3. The molecule has 0 radical (unpaired) electrons. The molecule has 5 nitrogen and oxygen atoms in total. The van der Waals surface area contributed by atoms with Crippen molar-refractivity contribution in [2.24, 2.45) is 0 Å². The lowest BCUT2D eigenvalue weighted by Gasteiger charge is -2.25. The first-order chi connectivity index (χ1) is 9.75. The van der Waals surface area contributed by atoms with Gasteiger partial charge in [0, 0.05) is 17.6 Å². The summed E-state index contributed by atoms with van der Waals surface area (Å²) in [6, 6.07) is 6.79. The summed E-state index contributed by atoms with van der Waals surface area (Å²) >= 11 is 0. The molecule has 116 valence electrons. The van der Waals surface area contributed by atoms with Gasteiger partial charge >= 0.3 is 0 Å². The number of hydrogen-bond acceptors (Lipinski definition) is 3. The van der Waals surface area contributed by atoms with Crippen LogP contribution in [0.2, 0.25) is 0 Å². The largest absolute Gasteiger partial charge is 0.347 e. The van der Waals surface area contributed by atoms with Crippen LogP contribution in [-0.4, -0.2) is 32.2 Å². The Bertz CT molecular complexity index is 638. The predicted molar refractivity (Wildman–Crippen MR) is 84.0 cm³/mol. The first-order valence-electron chi connectivity index (χ1n) is 7.18. The lowest BCUT2D eigenvalue weighted by Crippen LogP contribution is -2.42. The van der Waals surface area contributed by atoms with Gasteiger partial charge in [0.15, 0.2) is 0 Å². The van der Waals surface area contributed by atoms with Gasteiger partial charge in [-0.15, -0.1) is 0 Å². The standard InChI is InChI=1S/C15H22N2O3S/c1-4-15(2,3)16-14(18)12-7-5-8-13(11-12)17-9-6-10-21(17,19)20/h5,7-8,11H,4,6,9-10H2,1-3H3,(H,16,18). The van der Waals surface area contributed by atoms with Gasteiger partial charge in [0.1, 0.15) is 0 Å². The fraction of sp³-hybridized carbons (Fsp3) is 0.533. The monoisotopic (exact) mass is 310 g/mol. The molecule has 0 saturated carbocycles.